The molecule has 0 amide bonds. The number of aryl methyl sites for hydroxylation is 2. The van der Waals surface area contributed by atoms with Gasteiger partial charge in [0.2, 0.25) is 5.95 Å². The van der Waals surface area contributed by atoms with Gasteiger partial charge in [0, 0.05) is 31.2 Å². The van der Waals surface area contributed by atoms with Crippen LogP contribution < -0.4 is 10.6 Å². The number of nitrogens with zero attached hydrogens (tertiary/aromatic N) is 4. The first kappa shape index (κ1) is 30.2. The second kappa shape index (κ2) is 12.4. The molecule has 0 aromatic carbocycles. The summed E-state index contributed by atoms with van der Waals surface area (Å²) >= 11 is 1.63. The first-order chi connectivity index (χ1) is 21.2. The van der Waals surface area contributed by atoms with Crippen molar-refractivity contribution in [3.8, 4) is 10.6 Å². The largest absolute Gasteiger partial charge is 0.390 e. The predicted octanol–water partition coefficient (Wildman–Crippen LogP) is 5.87. The van der Waals surface area contributed by atoms with Crippen molar-refractivity contribution in [2.45, 2.75) is 109 Å². The van der Waals surface area contributed by atoms with Crippen molar-refractivity contribution in [3.63, 3.8) is 0 Å². The van der Waals surface area contributed by atoms with E-state index < -0.39 is 5.60 Å². The van der Waals surface area contributed by atoms with Crippen LogP contribution >= 0.6 is 11.3 Å². The first-order valence-corrected chi connectivity index (χ1v) is 17.3. The normalized spacial score (nSPS) is 27.6. The lowest BCUT2D eigenvalue weighted by atomic mass is 9.87. The van der Waals surface area contributed by atoms with E-state index in [0.29, 0.717) is 37.3 Å². The Morgan fingerprint density at radius 3 is 2.57 bits per heavy atom. The van der Waals surface area contributed by atoms with Crippen LogP contribution in [0.4, 0.5) is 11.8 Å². The minimum absolute atomic E-state index is 0.0673. The Hall–Kier alpha value is -2.44. The zero-order valence-electron chi connectivity index (χ0n) is 26.3. The summed E-state index contributed by atoms with van der Waals surface area (Å²) in [6, 6.07) is 1.92. The second-order valence-corrected chi connectivity index (χ2v) is 14.8. The molecule has 3 saturated carbocycles. The molecule has 3 N–H and O–H groups in total. The molecule has 1 saturated heterocycles. The lowest BCUT2D eigenvalue weighted by Gasteiger charge is -2.32. The molecule has 1 aliphatic heterocycles. The summed E-state index contributed by atoms with van der Waals surface area (Å²) in [6.07, 6.45) is 10.5. The lowest BCUT2D eigenvalue weighted by Crippen LogP contribution is -2.39. The summed E-state index contributed by atoms with van der Waals surface area (Å²) in [7, 11) is 0. The van der Waals surface area contributed by atoms with Crippen molar-refractivity contribution in [3.05, 3.63) is 23.7 Å². The smallest absolute Gasteiger partial charge is 0.224 e. The first-order valence-electron chi connectivity index (χ1n) is 16.5. The third kappa shape index (κ3) is 6.31. The van der Waals surface area contributed by atoms with Gasteiger partial charge >= 0.3 is 0 Å². The molecule has 5 atom stereocenters. The standard InChI is InChI=1S/C33H46N6O4S/c1-18-25(30-38-26-19(2)34-13-12-24(26)44-30)29(39-32(36-18)35-14-15-41-17-20-10-11-20)37-23-16-22(33(3,4)40)27-28(23)43-31(42-27)21-8-6-5-7-9-21/h12-13,20-23,27-28,31,40H,5-11,14-17H2,1-4H3,(H2,35,36,37,39). The number of anilines is 2. The molecule has 44 heavy (non-hydrogen) atoms. The van der Waals surface area contributed by atoms with Gasteiger partial charge in [-0.2, -0.15) is 4.98 Å². The molecule has 5 unspecified atom stereocenters. The maximum Gasteiger partial charge on any atom is 0.224 e. The summed E-state index contributed by atoms with van der Waals surface area (Å²) in [6.45, 7) is 9.85. The lowest BCUT2D eigenvalue weighted by molar-refractivity contribution is -0.136. The number of nitrogens with one attached hydrogen (secondary N) is 2. The summed E-state index contributed by atoms with van der Waals surface area (Å²) in [4.78, 5) is 19.3. The van der Waals surface area contributed by atoms with E-state index in [2.05, 4.69) is 15.6 Å². The molecular weight excluding hydrogens is 576 g/mol. The van der Waals surface area contributed by atoms with Crippen LogP contribution in [0.25, 0.3) is 20.8 Å². The van der Waals surface area contributed by atoms with Gasteiger partial charge in [-0.15, -0.1) is 11.3 Å². The molecule has 4 heterocycles. The number of rotatable bonds is 11. The summed E-state index contributed by atoms with van der Waals surface area (Å²) in [5, 5.41) is 19.2. The van der Waals surface area contributed by atoms with Crippen molar-refractivity contribution in [1.29, 1.82) is 0 Å². The van der Waals surface area contributed by atoms with Crippen LogP contribution in [0.15, 0.2) is 12.3 Å². The molecule has 7 rings (SSSR count). The zero-order valence-corrected chi connectivity index (χ0v) is 27.2. The number of aromatic nitrogens is 4. The van der Waals surface area contributed by atoms with Gasteiger partial charge in [0.15, 0.2) is 6.29 Å². The average Bonchev–Trinajstić information content (AvgIpc) is 3.39. The van der Waals surface area contributed by atoms with Gasteiger partial charge in [-0.3, -0.25) is 4.98 Å². The van der Waals surface area contributed by atoms with Gasteiger partial charge in [-0.05, 0) is 71.8 Å². The van der Waals surface area contributed by atoms with E-state index in [1.807, 2.05) is 40.0 Å². The molecule has 3 aromatic rings. The van der Waals surface area contributed by atoms with E-state index >= 15 is 0 Å². The van der Waals surface area contributed by atoms with Gasteiger partial charge in [0.05, 0.1) is 46.0 Å². The molecular formula is C33H46N6O4S. The van der Waals surface area contributed by atoms with E-state index in [0.717, 1.165) is 57.5 Å². The highest BCUT2D eigenvalue weighted by atomic mass is 32.1. The molecule has 238 valence electrons. The third-order valence-electron chi connectivity index (χ3n) is 9.85. The number of aliphatic hydroxyl groups is 1. The van der Waals surface area contributed by atoms with E-state index in [9.17, 15) is 5.11 Å². The van der Waals surface area contributed by atoms with Gasteiger partial charge in [0.1, 0.15) is 22.4 Å². The molecule has 3 aromatic heterocycles. The van der Waals surface area contributed by atoms with Crippen molar-refractivity contribution in [2.24, 2.45) is 17.8 Å². The third-order valence-corrected chi connectivity index (χ3v) is 10.9. The van der Waals surface area contributed by atoms with Gasteiger partial charge in [0.25, 0.3) is 0 Å². The van der Waals surface area contributed by atoms with Crippen LogP contribution in [0.3, 0.4) is 0 Å². The van der Waals surface area contributed by atoms with E-state index in [1.54, 1.807) is 11.3 Å². The van der Waals surface area contributed by atoms with Crippen molar-refractivity contribution in [1.82, 2.24) is 19.9 Å². The molecule has 0 spiro atoms. The van der Waals surface area contributed by atoms with Crippen molar-refractivity contribution in [2.75, 3.05) is 30.4 Å². The Bertz CT molecular complexity index is 1470. The van der Waals surface area contributed by atoms with Crippen LogP contribution in [0.1, 0.15) is 76.6 Å². The quantitative estimate of drug-likeness (QED) is 0.224. The average molecular weight is 623 g/mol. The van der Waals surface area contributed by atoms with Gasteiger partial charge < -0.3 is 30.0 Å². The number of ether oxygens (including phenoxy) is 3. The van der Waals surface area contributed by atoms with Crippen molar-refractivity contribution >= 4 is 33.3 Å². The SMILES string of the molecule is Cc1nc(NCCOCC2CC2)nc(NC2CC(C(C)(C)O)C3OC(C4CCCCC4)OC23)c1-c1nc2c(C)nccc2s1. The zero-order chi connectivity index (χ0) is 30.4. The Labute approximate surface area is 263 Å². The number of pyridine rings is 1. The maximum atomic E-state index is 11.2. The summed E-state index contributed by atoms with van der Waals surface area (Å²) in [5.41, 5.74) is 2.62. The van der Waals surface area contributed by atoms with Crippen LogP contribution in [0.5, 0.6) is 0 Å². The van der Waals surface area contributed by atoms with E-state index in [1.165, 1.54) is 32.1 Å². The molecule has 0 bridgehead atoms. The Morgan fingerprint density at radius 1 is 1.02 bits per heavy atom. The van der Waals surface area contributed by atoms with E-state index in [-0.39, 0.29) is 30.5 Å². The summed E-state index contributed by atoms with van der Waals surface area (Å²) < 4.78 is 20.3. The molecule has 10 nitrogen and oxygen atoms in total. The van der Waals surface area contributed by atoms with Gasteiger partial charge in [-0.1, -0.05) is 19.3 Å². The minimum Gasteiger partial charge on any atom is -0.390 e. The Morgan fingerprint density at radius 2 is 1.82 bits per heavy atom. The highest BCUT2D eigenvalue weighted by molar-refractivity contribution is 7.21. The van der Waals surface area contributed by atoms with E-state index in [4.69, 9.17) is 29.2 Å². The molecule has 4 aliphatic rings. The number of thiazole rings is 1. The maximum absolute atomic E-state index is 11.2. The van der Waals surface area contributed by atoms with Crippen LogP contribution in [0, 0.1) is 31.6 Å². The Balaban J connectivity index is 1.18. The number of hydrogen-bond donors (Lipinski definition) is 3. The molecule has 4 fully saturated rings. The van der Waals surface area contributed by atoms with Crippen LogP contribution in [-0.2, 0) is 14.2 Å². The molecule has 11 heteroatoms. The second-order valence-electron chi connectivity index (χ2n) is 13.8. The Kier molecular flexibility index (Phi) is 8.52. The number of fused-ring (bicyclic) bond motifs is 2. The number of hydrogen-bond acceptors (Lipinski definition) is 11. The highest BCUT2D eigenvalue weighted by Gasteiger charge is 2.56. The highest BCUT2D eigenvalue weighted by Crippen LogP contribution is 2.47. The van der Waals surface area contributed by atoms with Crippen LogP contribution in [-0.4, -0.2) is 74.9 Å². The predicted molar refractivity (Wildman–Crippen MR) is 172 cm³/mol. The fourth-order valence-corrected chi connectivity index (χ4v) is 8.30. The molecule has 0 radical (unpaired) electrons. The fourth-order valence-electron chi connectivity index (χ4n) is 7.19. The van der Waals surface area contributed by atoms with Crippen LogP contribution in [0.2, 0.25) is 0 Å². The summed E-state index contributed by atoms with van der Waals surface area (Å²) in [5.74, 6) is 2.35. The topological polar surface area (TPSA) is 124 Å². The molecule has 3 aliphatic carbocycles. The monoisotopic (exact) mass is 622 g/mol. The van der Waals surface area contributed by atoms with Crippen molar-refractivity contribution < 1.29 is 19.3 Å². The van der Waals surface area contributed by atoms with Gasteiger partial charge in [-0.25, -0.2) is 9.97 Å². The fraction of sp³-hybridized carbons (Fsp3) is 0.697. The minimum atomic E-state index is -0.903.